The maximum atomic E-state index is 3.06. The van der Waals surface area contributed by atoms with Gasteiger partial charge in [0, 0.05) is 32.9 Å². The summed E-state index contributed by atoms with van der Waals surface area (Å²) in [6.45, 7) is 3.06. The van der Waals surface area contributed by atoms with Gasteiger partial charge in [-0.1, -0.05) is 84.9 Å². The number of para-hydroxylation sites is 4. The van der Waals surface area contributed by atoms with Crippen LogP contribution in [0.5, 0.6) is 0 Å². The molecular formula is C50H44Cl2N2SiZr-4. The van der Waals surface area contributed by atoms with Gasteiger partial charge in [-0.2, -0.15) is 12.1 Å². The van der Waals surface area contributed by atoms with Crippen molar-refractivity contribution in [2.24, 2.45) is 0 Å². The SMILES string of the molecule is Cl.Cl.[CH3-].[CH3-].[Si]=[Zr].c1cc(-n2c3ccccc3c3ccccc32)c2cc(C3CC3)[cH-]c2c1.c1cc(-n2c3ccccc3c3ccccc32)c2cc(C3CC3)[cH-]c2c1. The quantitative estimate of drug-likeness (QED) is 0.123. The van der Waals surface area contributed by atoms with Crippen LogP contribution in [0.3, 0.4) is 0 Å². The van der Waals surface area contributed by atoms with Gasteiger partial charge in [-0.25, -0.2) is 0 Å². The summed E-state index contributed by atoms with van der Waals surface area (Å²) in [5.41, 5.74) is 10.8. The zero-order valence-corrected chi connectivity index (χ0v) is 36.8. The van der Waals surface area contributed by atoms with Gasteiger partial charge >= 0.3 is 30.2 Å². The van der Waals surface area contributed by atoms with Crippen LogP contribution in [0.1, 0.15) is 48.6 Å². The van der Waals surface area contributed by atoms with Crippen molar-refractivity contribution in [2.45, 2.75) is 37.5 Å². The molecule has 2 aliphatic rings. The van der Waals surface area contributed by atoms with Gasteiger partial charge in [0.2, 0.25) is 0 Å². The fraction of sp³-hybridized carbons (Fsp3) is 0.120. The second kappa shape index (κ2) is 17.1. The Morgan fingerprint density at radius 2 is 0.714 bits per heavy atom. The van der Waals surface area contributed by atoms with Gasteiger partial charge in [-0.3, -0.25) is 0 Å². The first kappa shape index (κ1) is 41.5. The maximum Gasteiger partial charge on any atom is 0.0532 e. The van der Waals surface area contributed by atoms with Gasteiger partial charge in [0.05, 0.1) is 22.1 Å². The van der Waals surface area contributed by atoms with Crippen LogP contribution >= 0.6 is 24.8 Å². The van der Waals surface area contributed by atoms with E-state index in [1.807, 2.05) is 0 Å². The summed E-state index contributed by atoms with van der Waals surface area (Å²) in [7, 11) is 0. The Balaban J connectivity index is 0.000000170. The summed E-state index contributed by atoms with van der Waals surface area (Å²) in [6, 6.07) is 58.0. The van der Waals surface area contributed by atoms with Gasteiger partial charge < -0.3 is 24.0 Å². The van der Waals surface area contributed by atoms with E-state index >= 15 is 0 Å². The van der Waals surface area contributed by atoms with Crippen LogP contribution in [-0.2, 0) is 23.3 Å². The van der Waals surface area contributed by atoms with Crippen LogP contribution in [0, 0.1) is 14.9 Å². The van der Waals surface area contributed by atoms with Gasteiger partial charge in [-0.15, -0.1) is 93.9 Å². The van der Waals surface area contributed by atoms with Crippen molar-refractivity contribution in [3.05, 3.63) is 184 Å². The van der Waals surface area contributed by atoms with Crippen LogP contribution in [0.4, 0.5) is 0 Å². The molecule has 0 atom stereocenters. The molecular weight excluding hydrogens is 819 g/mol. The molecule has 0 saturated heterocycles. The molecule has 0 bridgehead atoms. The molecule has 0 unspecified atom stereocenters. The second-order valence-corrected chi connectivity index (χ2v) is 14.4. The summed E-state index contributed by atoms with van der Waals surface area (Å²) in [5.74, 6) is 1.58. The summed E-state index contributed by atoms with van der Waals surface area (Å²) in [6.07, 6.45) is 5.39. The Labute approximate surface area is 359 Å². The molecule has 2 heterocycles. The minimum absolute atomic E-state index is 0. The topological polar surface area (TPSA) is 9.86 Å². The fourth-order valence-electron chi connectivity index (χ4n) is 8.54. The van der Waals surface area contributed by atoms with Crippen LogP contribution in [-0.4, -0.2) is 16.0 Å². The van der Waals surface area contributed by atoms with E-state index in [-0.39, 0.29) is 39.7 Å². The molecule has 0 amide bonds. The normalized spacial score (nSPS) is 13.2. The standard InChI is InChI=1S/2C24H18N.2CH3.2ClH.Si.Zr/c2*1-3-9-22-19(7-1)20-8-2-4-10-23(20)25(22)24-11-5-6-17-14-18(15-21(17)24)16-12-13-16;;;;;;/h2*1-11,14-16H,12-13H2;2*1H3;2*1H;;/q4*-1;;;;. The molecule has 56 heavy (non-hydrogen) atoms. The van der Waals surface area contributed by atoms with Gasteiger partial charge in [0.15, 0.2) is 0 Å². The molecule has 10 aromatic rings. The Morgan fingerprint density at radius 3 is 1.02 bits per heavy atom. The number of aromatic nitrogens is 2. The fourth-order valence-corrected chi connectivity index (χ4v) is 8.54. The smallest absolute Gasteiger partial charge is 0.0532 e. The first-order chi connectivity index (χ1) is 25.8. The molecule has 2 nitrogen and oxygen atoms in total. The van der Waals surface area contributed by atoms with E-state index < -0.39 is 0 Å². The molecule has 0 spiro atoms. The van der Waals surface area contributed by atoms with Gasteiger partial charge in [0.1, 0.15) is 0 Å². The molecule has 2 radical (unpaired) electrons. The van der Waals surface area contributed by atoms with E-state index in [0.717, 1.165) is 11.8 Å². The van der Waals surface area contributed by atoms with E-state index in [4.69, 9.17) is 0 Å². The van der Waals surface area contributed by atoms with E-state index in [2.05, 4.69) is 174 Å². The van der Waals surface area contributed by atoms with Crippen molar-refractivity contribution in [3.8, 4) is 11.4 Å². The molecule has 2 aliphatic carbocycles. The number of halogens is 2. The molecule has 8 aromatic carbocycles. The van der Waals surface area contributed by atoms with E-state index in [9.17, 15) is 0 Å². The molecule has 0 aliphatic heterocycles. The Kier molecular flexibility index (Phi) is 12.7. The van der Waals surface area contributed by atoms with Crippen molar-refractivity contribution in [1.82, 2.24) is 9.13 Å². The van der Waals surface area contributed by atoms with Crippen LogP contribution in [0.2, 0.25) is 0 Å². The average Bonchev–Trinajstić information content (AvgIpc) is 4.09. The van der Waals surface area contributed by atoms with Gasteiger partial charge in [-0.05, 0) is 61.8 Å². The molecule has 12 rings (SSSR count). The molecule has 6 heteroatoms. The summed E-state index contributed by atoms with van der Waals surface area (Å²) in [4.78, 5) is 0. The number of hydrogen-bond donors (Lipinski definition) is 0. The summed E-state index contributed by atoms with van der Waals surface area (Å²) < 4.78 is 4.87. The predicted octanol–water partition coefficient (Wildman–Crippen LogP) is 14.4. The molecule has 0 N–H and O–H groups in total. The zero-order chi connectivity index (χ0) is 34.8. The molecule has 2 aromatic heterocycles. The van der Waals surface area contributed by atoms with Crippen molar-refractivity contribution >= 4 is 96.9 Å². The van der Waals surface area contributed by atoms with Crippen LogP contribution < -0.4 is 0 Å². The third-order valence-electron chi connectivity index (χ3n) is 11.2. The zero-order valence-electron chi connectivity index (χ0n) is 31.7. The number of hydrogen-bond acceptors (Lipinski definition) is 0. The van der Waals surface area contributed by atoms with E-state index in [1.54, 1.807) is 0 Å². The third kappa shape index (κ3) is 7.05. The minimum Gasteiger partial charge on any atom is -0.318 e. The Hall–Kier alpha value is -4.18. The van der Waals surface area contributed by atoms with Crippen molar-refractivity contribution < 1.29 is 23.3 Å². The first-order valence-corrected chi connectivity index (χ1v) is 22.6. The number of benzene rings is 6. The van der Waals surface area contributed by atoms with E-state index in [1.165, 1.54) is 137 Å². The van der Waals surface area contributed by atoms with Crippen LogP contribution in [0.25, 0.3) is 76.5 Å². The Morgan fingerprint density at radius 1 is 0.411 bits per heavy atom. The number of rotatable bonds is 4. The Bertz CT molecular complexity index is 2630. The van der Waals surface area contributed by atoms with Crippen molar-refractivity contribution in [3.63, 3.8) is 0 Å². The van der Waals surface area contributed by atoms with Crippen molar-refractivity contribution in [1.29, 1.82) is 0 Å². The minimum atomic E-state index is 0. The van der Waals surface area contributed by atoms with Gasteiger partial charge in [0.25, 0.3) is 0 Å². The second-order valence-electron chi connectivity index (χ2n) is 14.4. The van der Waals surface area contributed by atoms with E-state index in [0.29, 0.717) is 0 Å². The molecule has 2 fully saturated rings. The predicted molar refractivity (Wildman–Crippen MR) is 245 cm³/mol. The third-order valence-corrected chi connectivity index (χ3v) is 11.2. The summed E-state index contributed by atoms with van der Waals surface area (Å²) in [5, 5.41) is 10.8. The average molecular weight is 863 g/mol. The van der Waals surface area contributed by atoms with Crippen LogP contribution in [0.15, 0.2) is 158 Å². The first-order valence-electron chi connectivity index (χ1n) is 18.4. The summed E-state index contributed by atoms with van der Waals surface area (Å²) >= 11 is 1.36. The number of fused-ring (bicyclic) bond motifs is 8. The van der Waals surface area contributed by atoms with Crippen molar-refractivity contribution in [2.75, 3.05) is 0 Å². The molecule has 280 valence electrons. The monoisotopic (exact) mass is 860 g/mol. The largest absolute Gasteiger partial charge is 0.318 e. The number of nitrogens with zero attached hydrogens (tertiary/aromatic N) is 2. The molecule has 2 saturated carbocycles. The maximum absolute atomic E-state index is 3.06.